The van der Waals surface area contributed by atoms with Crippen LogP contribution in [-0.2, 0) is 14.3 Å². The number of methoxy groups -OCH3 is 1. The number of hydrogen-bond acceptors (Lipinski definition) is 7. The molecule has 2 aromatic carbocycles. The number of amides is 1. The van der Waals surface area contributed by atoms with Crippen molar-refractivity contribution >= 4 is 47.0 Å². The summed E-state index contributed by atoms with van der Waals surface area (Å²) in [6.45, 7) is 1.91. The van der Waals surface area contributed by atoms with Gasteiger partial charge in [0.1, 0.15) is 11.5 Å². The van der Waals surface area contributed by atoms with Gasteiger partial charge in [0, 0.05) is 5.02 Å². The molecule has 7 nitrogen and oxygen atoms in total. The first-order chi connectivity index (χ1) is 14.5. The number of benzene rings is 2. The molecular formula is C21H21ClN2O5S. The summed E-state index contributed by atoms with van der Waals surface area (Å²) < 4.78 is 15.5. The second-order valence-corrected chi connectivity index (χ2v) is 7.71. The SMILES string of the molecule is CCOC(=O)COc1ccc(/C=C2\SC(Nc3cc(Cl)ccc3OC)NC2=O)cc1. The smallest absolute Gasteiger partial charge is 0.344 e. The predicted octanol–water partition coefficient (Wildman–Crippen LogP) is 3.89. The Morgan fingerprint density at radius 3 is 2.73 bits per heavy atom. The van der Waals surface area contributed by atoms with Gasteiger partial charge in [-0.3, -0.25) is 4.79 Å². The Kier molecular flexibility index (Phi) is 7.48. The van der Waals surface area contributed by atoms with Gasteiger partial charge in [0.05, 0.1) is 24.3 Å². The predicted molar refractivity (Wildman–Crippen MR) is 118 cm³/mol. The van der Waals surface area contributed by atoms with Crippen LogP contribution in [-0.4, -0.2) is 37.7 Å². The van der Waals surface area contributed by atoms with E-state index in [1.54, 1.807) is 50.4 Å². The molecule has 1 unspecified atom stereocenters. The first kappa shape index (κ1) is 21.9. The summed E-state index contributed by atoms with van der Waals surface area (Å²) in [5.74, 6) is 0.574. The molecule has 2 aromatic rings. The van der Waals surface area contributed by atoms with Gasteiger partial charge in [-0.1, -0.05) is 35.5 Å². The molecule has 1 fully saturated rings. The van der Waals surface area contributed by atoms with Gasteiger partial charge in [-0.05, 0) is 48.9 Å². The lowest BCUT2D eigenvalue weighted by molar-refractivity contribution is -0.145. The lowest BCUT2D eigenvalue weighted by atomic mass is 10.2. The van der Waals surface area contributed by atoms with Crippen LogP contribution in [0.15, 0.2) is 47.4 Å². The maximum atomic E-state index is 12.3. The Morgan fingerprint density at radius 2 is 2.03 bits per heavy atom. The highest BCUT2D eigenvalue weighted by molar-refractivity contribution is 8.05. The third-order valence-electron chi connectivity index (χ3n) is 4.02. The fraction of sp³-hybridized carbons (Fsp3) is 0.238. The van der Waals surface area contributed by atoms with Crippen LogP contribution < -0.4 is 20.1 Å². The monoisotopic (exact) mass is 448 g/mol. The Morgan fingerprint density at radius 1 is 1.27 bits per heavy atom. The fourth-order valence-electron chi connectivity index (χ4n) is 2.66. The number of carbonyl (C=O) groups excluding carboxylic acids is 2. The van der Waals surface area contributed by atoms with Crippen molar-refractivity contribution in [2.45, 2.75) is 12.4 Å². The van der Waals surface area contributed by atoms with Gasteiger partial charge < -0.3 is 24.8 Å². The zero-order valence-corrected chi connectivity index (χ0v) is 18.0. The van der Waals surface area contributed by atoms with E-state index in [4.69, 9.17) is 25.8 Å². The first-order valence-electron chi connectivity index (χ1n) is 9.16. The summed E-state index contributed by atoms with van der Waals surface area (Å²) in [5, 5.41) is 6.64. The molecular weight excluding hydrogens is 428 g/mol. The highest BCUT2D eigenvalue weighted by Gasteiger charge is 2.27. The highest BCUT2D eigenvalue weighted by atomic mass is 35.5. The van der Waals surface area contributed by atoms with Crippen LogP contribution in [0.3, 0.4) is 0 Å². The van der Waals surface area contributed by atoms with E-state index >= 15 is 0 Å². The normalized spacial score (nSPS) is 16.8. The molecule has 0 aliphatic carbocycles. The number of ether oxygens (including phenoxy) is 3. The van der Waals surface area contributed by atoms with Crippen molar-refractivity contribution in [3.05, 3.63) is 58.0 Å². The number of hydrogen-bond donors (Lipinski definition) is 2. The van der Waals surface area contributed by atoms with Crippen molar-refractivity contribution in [3.63, 3.8) is 0 Å². The molecule has 1 saturated heterocycles. The zero-order chi connectivity index (χ0) is 21.5. The third-order valence-corrected chi connectivity index (χ3v) is 5.28. The van der Waals surface area contributed by atoms with Crippen LogP contribution in [0.4, 0.5) is 5.69 Å². The topological polar surface area (TPSA) is 85.9 Å². The van der Waals surface area contributed by atoms with Crippen molar-refractivity contribution in [3.8, 4) is 11.5 Å². The summed E-state index contributed by atoms with van der Waals surface area (Å²) in [5.41, 5.74) is 1.16. The van der Waals surface area contributed by atoms with Gasteiger partial charge in [-0.15, -0.1) is 0 Å². The van der Waals surface area contributed by atoms with E-state index in [2.05, 4.69) is 10.6 Å². The zero-order valence-electron chi connectivity index (χ0n) is 16.4. The van der Waals surface area contributed by atoms with Gasteiger partial charge in [-0.2, -0.15) is 0 Å². The van der Waals surface area contributed by atoms with Gasteiger partial charge in [0.2, 0.25) is 0 Å². The highest BCUT2D eigenvalue weighted by Crippen LogP contribution is 2.34. The molecule has 0 saturated carbocycles. The largest absolute Gasteiger partial charge is 0.495 e. The average Bonchev–Trinajstić information content (AvgIpc) is 3.06. The molecule has 0 radical (unpaired) electrons. The third kappa shape index (κ3) is 5.84. The van der Waals surface area contributed by atoms with Crippen LogP contribution in [0.1, 0.15) is 12.5 Å². The second kappa shape index (κ2) is 10.3. The molecule has 158 valence electrons. The Labute approximate surface area is 183 Å². The summed E-state index contributed by atoms with van der Waals surface area (Å²) in [6, 6.07) is 12.3. The fourth-order valence-corrected chi connectivity index (χ4v) is 3.80. The molecule has 0 spiro atoms. The molecule has 1 aliphatic rings. The van der Waals surface area contributed by atoms with E-state index in [0.29, 0.717) is 33.7 Å². The standard InChI is InChI=1S/C21H21ClN2O5S/c1-3-28-19(25)12-29-15-7-4-13(5-8-15)10-18-20(26)24-21(30-18)23-16-11-14(22)6-9-17(16)27-2/h4-11,21,23H,3,12H2,1-2H3,(H,24,26)/b18-10-. The first-order valence-corrected chi connectivity index (χ1v) is 10.4. The number of anilines is 1. The maximum Gasteiger partial charge on any atom is 0.344 e. The Balaban J connectivity index is 1.62. The van der Waals surface area contributed by atoms with Gasteiger partial charge >= 0.3 is 5.97 Å². The van der Waals surface area contributed by atoms with E-state index in [1.165, 1.54) is 11.8 Å². The van der Waals surface area contributed by atoms with Crippen LogP contribution in [0.25, 0.3) is 6.08 Å². The average molecular weight is 449 g/mol. The minimum absolute atomic E-state index is 0.146. The Bertz CT molecular complexity index is 949. The van der Waals surface area contributed by atoms with Crippen molar-refractivity contribution in [2.75, 3.05) is 25.6 Å². The molecule has 3 rings (SSSR count). The summed E-state index contributed by atoms with van der Waals surface area (Å²) in [7, 11) is 1.57. The molecule has 1 aliphatic heterocycles. The van der Waals surface area contributed by atoms with Crippen LogP contribution in [0, 0.1) is 0 Å². The summed E-state index contributed by atoms with van der Waals surface area (Å²) in [4.78, 5) is 24.2. The van der Waals surface area contributed by atoms with Crippen molar-refractivity contribution in [1.29, 1.82) is 0 Å². The van der Waals surface area contributed by atoms with Crippen molar-refractivity contribution < 1.29 is 23.8 Å². The second-order valence-electron chi connectivity index (χ2n) is 6.13. The van der Waals surface area contributed by atoms with E-state index in [0.717, 1.165) is 5.56 Å². The molecule has 9 heteroatoms. The van der Waals surface area contributed by atoms with E-state index < -0.39 is 5.97 Å². The summed E-state index contributed by atoms with van der Waals surface area (Å²) >= 11 is 7.41. The van der Waals surface area contributed by atoms with Crippen molar-refractivity contribution in [1.82, 2.24) is 5.32 Å². The van der Waals surface area contributed by atoms with Crippen LogP contribution in [0.5, 0.6) is 11.5 Å². The Hall–Kier alpha value is -2.84. The molecule has 0 aromatic heterocycles. The quantitative estimate of drug-likeness (QED) is 0.468. The van der Waals surface area contributed by atoms with Gasteiger partial charge in [-0.25, -0.2) is 4.79 Å². The number of esters is 1. The number of halogens is 1. The lowest BCUT2D eigenvalue weighted by Gasteiger charge is -2.15. The van der Waals surface area contributed by atoms with Gasteiger partial charge in [0.25, 0.3) is 5.91 Å². The van der Waals surface area contributed by atoms with E-state index in [1.807, 2.05) is 12.1 Å². The molecule has 2 N–H and O–H groups in total. The van der Waals surface area contributed by atoms with E-state index in [9.17, 15) is 9.59 Å². The number of rotatable bonds is 8. The number of thioether (sulfide) groups is 1. The minimum Gasteiger partial charge on any atom is -0.495 e. The van der Waals surface area contributed by atoms with E-state index in [-0.39, 0.29) is 18.0 Å². The minimum atomic E-state index is -0.419. The molecule has 1 heterocycles. The number of carbonyl (C=O) groups is 2. The number of nitrogens with one attached hydrogen (secondary N) is 2. The van der Waals surface area contributed by atoms with Crippen LogP contribution in [0.2, 0.25) is 5.02 Å². The van der Waals surface area contributed by atoms with Crippen LogP contribution >= 0.6 is 23.4 Å². The molecule has 1 amide bonds. The van der Waals surface area contributed by atoms with Crippen molar-refractivity contribution in [2.24, 2.45) is 0 Å². The van der Waals surface area contributed by atoms with Gasteiger partial charge in [0.15, 0.2) is 12.1 Å². The summed E-state index contributed by atoms with van der Waals surface area (Å²) in [6.07, 6.45) is 1.78. The molecule has 1 atom stereocenters. The lowest BCUT2D eigenvalue weighted by Crippen LogP contribution is -2.31. The maximum absolute atomic E-state index is 12.3. The molecule has 30 heavy (non-hydrogen) atoms. The molecule has 0 bridgehead atoms.